The Morgan fingerprint density at radius 2 is 1.82 bits per heavy atom. The lowest BCUT2D eigenvalue weighted by Gasteiger charge is -2.28. The first-order valence-electron chi connectivity index (χ1n) is 8.68. The molecule has 2 aromatic rings. The smallest absolute Gasteiger partial charge is 0.405 e. The van der Waals surface area contributed by atoms with Crippen LogP contribution in [0.2, 0.25) is 0 Å². The molecule has 0 aliphatic carbocycles. The van der Waals surface area contributed by atoms with E-state index in [-0.39, 0.29) is 13.2 Å². The Kier molecular flexibility index (Phi) is 5.14. The number of fused-ring (bicyclic) bond motifs is 1. The lowest BCUT2D eigenvalue weighted by molar-refractivity contribution is -0.0941. The van der Waals surface area contributed by atoms with Gasteiger partial charge in [-0.25, -0.2) is 9.48 Å². The monoisotopic (exact) mass is 387 g/mol. The van der Waals surface area contributed by atoms with Crippen LogP contribution in [-0.2, 0) is 11.4 Å². The third kappa shape index (κ3) is 3.86. The largest absolute Gasteiger partial charge is 0.465 e. The third-order valence-corrected chi connectivity index (χ3v) is 4.28. The van der Waals surface area contributed by atoms with Crippen LogP contribution < -0.4 is 5.32 Å². The van der Waals surface area contributed by atoms with E-state index in [1.54, 1.807) is 30.5 Å². The number of nitrogens with one attached hydrogen (secondary N) is 1. The molecule has 0 spiro atoms. The first-order valence-corrected chi connectivity index (χ1v) is 8.68. The van der Waals surface area contributed by atoms with E-state index in [9.17, 15) is 14.4 Å². The fourth-order valence-corrected chi connectivity index (χ4v) is 2.92. The highest BCUT2D eigenvalue weighted by atomic mass is 16.7. The van der Waals surface area contributed by atoms with Gasteiger partial charge in [0.1, 0.15) is 5.69 Å². The van der Waals surface area contributed by atoms with Crippen LogP contribution in [-0.4, -0.2) is 49.7 Å². The molecule has 2 heterocycles. The average molecular weight is 387 g/mol. The molecule has 1 aliphatic heterocycles. The van der Waals surface area contributed by atoms with E-state index >= 15 is 0 Å². The van der Waals surface area contributed by atoms with Gasteiger partial charge in [-0.05, 0) is 17.5 Å². The molecule has 3 amide bonds. The summed E-state index contributed by atoms with van der Waals surface area (Å²) in [6, 6.07) is 5.97. The van der Waals surface area contributed by atoms with Gasteiger partial charge >= 0.3 is 6.09 Å². The molecule has 148 valence electrons. The summed E-state index contributed by atoms with van der Waals surface area (Å²) in [7, 11) is 0. The van der Waals surface area contributed by atoms with E-state index < -0.39 is 29.4 Å². The zero-order chi connectivity index (χ0) is 20.5. The first-order chi connectivity index (χ1) is 13.2. The molecule has 0 saturated carbocycles. The van der Waals surface area contributed by atoms with Crippen molar-refractivity contribution in [3.63, 3.8) is 0 Å². The minimum Gasteiger partial charge on any atom is -0.465 e. The average Bonchev–Trinajstić information content (AvgIpc) is 3.18. The molecule has 2 N–H and O–H groups in total. The lowest BCUT2D eigenvalue weighted by Crippen LogP contribution is -2.36. The summed E-state index contributed by atoms with van der Waals surface area (Å²) >= 11 is 0. The fourth-order valence-electron chi connectivity index (χ4n) is 2.92. The number of amides is 3. The molecule has 0 radical (unpaired) electrons. The molecule has 0 saturated heterocycles. The van der Waals surface area contributed by atoms with Crippen molar-refractivity contribution in [1.82, 2.24) is 25.4 Å². The van der Waals surface area contributed by atoms with Crippen molar-refractivity contribution < 1.29 is 24.3 Å². The lowest BCUT2D eigenvalue weighted by atomic mass is 9.85. The summed E-state index contributed by atoms with van der Waals surface area (Å²) in [6.45, 7) is 5.90. The van der Waals surface area contributed by atoms with Gasteiger partial charge in [0.2, 0.25) is 0 Å². The standard InChI is InChI=1S/C18H21N5O5/c1-18(2,3)14(19-17(26)27)13-10-22(21-20-13)8-9-28-23-15(24)11-6-4-5-7-12(11)16(23)25/h4-7,10,14,19H,8-9H2,1-3H3,(H,26,27). The normalized spacial score (nSPS) is 14.9. The minimum atomic E-state index is -1.15. The zero-order valence-electron chi connectivity index (χ0n) is 15.7. The highest BCUT2D eigenvalue weighted by Crippen LogP contribution is 2.31. The molecule has 0 bridgehead atoms. The molecule has 10 nitrogen and oxygen atoms in total. The van der Waals surface area contributed by atoms with Crippen molar-refractivity contribution >= 4 is 17.9 Å². The molecule has 28 heavy (non-hydrogen) atoms. The van der Waals surface area contributed by atoms with Crippen LogP contribution in [0.5, 0.6) is 0 Å². The van der Waals surface area contributed by atoms with Gasteiger partial charge in [0.25, 0.3) is 11.8 Å². The Hall–Kier alpha value is -3.27. The Bertz CT molecular complexity index is 882. The second-order valence-electron chi connectivity index (χ2n) is 7.44. The van der Waals surface area contributed by atoms with Crippen molar-refractivity contribution in [2.45, 2.75) is 33.4 Å². The minimum absolute atomic E-state index is 0.0147. The van der Waals surface area contributed by atoms with Crippen LogP contribution in [0.3, 0.4) is 0 Å². The summed E-state index contributed by atoms with van der Waals surface area (Å²) in [4.78, 5) is 40.9. The number of hydroxylamine groups is 2. The van der Waals surface area contributed by atoms with Gasteiger partial charge in [0.05, 0.1) is 36.5 Å². The SMILES string of the molecule is CC(C)(C)C(NC(=O)O)c1cn(CCON2C(=O)c3ccccc3C2=O)nn1. The fraction of sp³-hybridized carbons (Fsp3) is 0.389. The van der Waals surface area contributed by atoms with Crippen LogP contribution in [0, 0.1) is 5.41 Å². The molecule has 1 aromatic carbocycles. The first kappa shape index (κ1) is 19.5. The summed E-state index contributed by atoms with van der Waals surface area (Å²) < 4.78 is 1.47. The van der Waals surface area contributed by atoms with E-state index in [0.29, 0.717) is 16.8 Å². The number of hydrogen-bond donors (Lipinski definition) is 2. The van der Waals surface area contributed by atoms with E-state index in [1.807, 2.05) is 20.8 Å². The highest BCUT2D eigenvalue weighted by Gasteiger charge is 2.36. The van der Waals surface area contributed by atoms with Crippen molar-refractivity contribution in [3.8, 4) is 0 Å². The van der Waals surface area contributed by atoms with Crippen molar-refractivity contribution in [2.24, 2.45) is 5.41 Å². The number of carbonyl (C=O) groups is 3. The Morgan fingerprint density at radius 1 is 1.21 bits per heavy atom. The zero-order valence-corrected chi connectivity index (χ0v) is 15.7. The molecule has 1 unspecified atom stereocenters. The van der Waals surface area contributed by atoms with E-state index in [0.717, 1.165) is 5.06 Å². The number of rotatable bonds is 6. The van der Waals surface area contributed by atoms with E-state index in [1.165, 1.54) is 4.68 Å². The van der Waals surface area contributed by atoms with Crippen LogP contribution in [0.4, 0.5) is 4.79 Å². The quantitative estimate of drug-likeness (QED) is 0.724. The van der Waals surface area contributed by atoms with Gasteiger partial charge in [-0.15, -0.1) is 10.2 Å². The maximum absolute atomic E-state index is 12.2. The predicted molar refractivity (Wildman–Crippen MR) is 96.3 cm³/mol. The summed E-state index contributed by atoms with van der Waals surface area (Å²) in [5, 5.41) is 20.2. The van der Waals surface area contributed by atoms with Gasteiger partial charge in [-0.1, -0.05) is 38.1 Å². The molecule has 0 fully saturated rings. The second kappa shape index (κ2) is 7.39. The van der Waals surface area contributed by atoms with Gasteiger partial charge < -0.3 is 10.4 Å². The predicted octanol–water partition coefficient (Wildman–Crippen LogP) is 1.86. The molecule has 3 rings (SSSR count). The third-order valence-electron chi connectivity index (χ3n) is 4.28. The van der Waals surface area contributed by atoms with Gasteiger partial charge in [-0.3, -0.25) is 14.4 Å². The Balaban J connectivity index is 1.62. The van der Waals surface area contributed by atoms with E-state index in [2.05, 4.69) is 15.6 Å². The topological polar surface area (TPSA) is 127 Å². The van der Waals surface area contributed by atoms with Crippen LogP contribution in [0.1, 0.15) is 53.2 Å². The second-order valence-corrected chi connectivity index (χ2v) is 7.44. The van der Waals surface area contributed by atoms with Crippen LogP contribution in [0.25, 0.3) is 0 Å². The number of aromatic nitrogens is 3. The van der Waals surface area contributed by atoms with Gasteiger partial charge in [0.15, 0.2) is 0 Å². The molecule has 10 heteroatoms. The molecular formula is C18H21N5O5. The number of carboxylic acid groups (broad SMARTS) is 1. The Labute approximate surface area is 161 Å². The van der Waals surface area contributed by atoms with Gasteiger partial charge in [-0.2, -0.15) is 0 Å². The molecule has 1 aliphatic rings. The number of nitrogens with zero attached hydrogens (tertiary/aromatic N) is 4. The maximum atomic E-state index is 12.2. The number of benzene rings is 1. The van der Waals surface area contributed by atoms with E-state index in [4.69, 9.17) is 9.94 Å². The summed E-state index contributed by atoms with van der Waals surface area (Å²) in [5.74, 6) is -1.00. The number of hydrogen-bond acceptors (Lipinski definition) is 6. The van der Waals surface area contributed by atoms with Crippen LogP contribution >= 0.6 is 0 Å². The molecule has 1 aromatic heterocycles. The molecule has 1 atom stereocenters. The highest BCUT2D eigenvalue weighted by molar-refractivity contribution is 6.20. The molecular weight excluding hydrogens is 366 g/mol. The van der Waals surface area contributed by atoms with Crippen LogP contribution in [0.15, 0.2) is 30.5 Å². The Morgan fingerprint density at radius 3 is 2.36 bits per heavy atom. The van der Waals surface area contributed by atoms with Crippen molar-refractivity contribution in [2.75, 3.05) is 6.61 Å². The number of carbonyl (C=O) groups excluding carboxylic acids is 2. The summed E-state index contributed by atoms with van der Waals surface area (Å²) in [6.07, 6.45) is 0.459. The van der Waals surface area contributed by atoms with Crippen molar-refractivity contribution in [1.29, 1.82) is 0 Å². The van der Waals surface area contributed by atoms with Crippen molar-refractivity contribution in [3.05, 3.63) is 47.3 Å². The maximum Gasteiger partial charge on any atom is 0.405 e. The summed E-state index contributed by atoms with van der Waals surface area (Å²) in [5.41, 5.74) is 0.679. The van der Waals surface area contributed by atoms with Gasteiger partial charge in [0, 0.05) is 0 Å². The number of imide groups is 1.